The number of benzene rings is 1. The molecule has 0 radical (unpaired) electrons. The number of nitrogens with zero attached hydrogens (tertiary/aromatic N) is 3. The van der Waals surface area contributed by atoms with Crippen LogP contribution in [-0.2, 0) is 11.3 Å². The second kappa shape index (κ2) is 8.62. The van der Waals surface area contributed by atoms with Crippen molar-refractivity contribution in [1.82, 2.24) is 9.47 Å². The summed E-state index contributed by atoms with van der Waals surface area (Å²) in [5, 5.41) is 0.737. The number of carbonyl (C=O) groups excluding carboxylic acids is 1. The molecule has 0 amide bonds. The fourth-order valence-corrected chi connectivity index (χ4v) is 5.68. The number of ether oxygens (including phenoxy) is 1. The number of anilines is 1. The summed E-state index contributed by atoms with van der Waals surface area (Å²) >= 11 is 1.42. The summed E-state index contributed by atoms with van der Waals surface area (Å²) in [4.78, 5) is 40.8. The van der Waals surface area contributed by atoms with Crippen LogP contribution in [0.5, 0.6) is 0 Å². The van der Waals surface area contributed by atoms with Gasteiger partial charge < -0.3 is 23.0 Å². The average molecular weight is 490 g/mol. The smallest absolute Gasteiger partial charge is 0.462 e. The number of fused-ring (bicyclic) bond motifs is 3. The summed E-state index contributed by atoms with van der Waals surface area (Å²) in [5.41, 5.74) is 0.486. The fraction of sp³-hybridized carbons (Fsp3) is 0.435. The van der Waals surface area contributed by atoms with Gasteiger partial charge in [0.15, 0.2) is 5.76 Å². The minimum Gasteiger partial charge on any atom is -0.462 e. The van der Waals surface area contributed by atoms with E-state index >= 15 is 4.39 Å². The van der Waals surface area contributed by atoms with Crippen molar-refractivity contribution in [2.45, 2.75) is 37.7 Å². The van der Waals surface area contributed by atoms with Gasteiger partial charge in [-0.15, -0.1) is 0 Å². The lowest BCUT2D eigenvalue weighted by Gasteiger charge is -2.37. The number of rotatable bonds is 5. The van der Waals surface area contributed by atoms with Crippen LogP contribution < -0.4 is 16.2 Å². The van der Waals surface area contributed by atoms with Gasteiger partial charge in [-0.1, -0.05) is 11.8 Å². The number of halogens is 1. The molecule has 3 aromatic rings. The molecule has 0 bridgehead atoms. The van der Waals surface area contributed by atoms with E-state index in [0.29, 0.717) is 60.5 Å². The van der Waals surface area contributed by atoms with E-state index in [1.165, 1.54) is 17.8 Å². The topological polar surface area (TPSA) is 98.1 Å². The Bertz CT molecular complexity index is 1400. The Morgan fingerprint density at radius 2 is 1.94 bits per heavy atom. The first kappa shape index (κ1) is 22.7. The molecule has 2 aliphatic rings. The van der Waals surface area contributed by atoms with E-state index in [2.05, 4.69) is 4.90 Å². The molecule has 5 rings (SSSR count). The zero-order valence-corrected chi connectivity index (χ0v) is 19.9. The van der Waals surface area contributed by atoms with Crippen molar-refractivity contribution in [2.24, 2.45) is 0 Å². The van der Waals surface area contributed by atoms with Crippen molar-refractivity contribution in [3.63, 3.8) is 0 Å². The number of piperazine rings is 1. The Balaban J connectivity index is 1.44. The lowest BCUT2D eigenvalue weighted by molar-refractivity contribution is 0.0518. The highest BCUT2D eigenvalue weighted by molar-refractivity contribution is 8.00. The van der Waals surface area contributed by atoms with Gasteiger partial charge in [0.1, 0.15) is 17.1 Å². The number of aryl methyl sites for hydroxylation is 1. The number of thioether (sulfide) groups is 1. The van der Waals surface area contributed by atoms with Gasteiger partial charge in [-0.2, -0.15) is 0 Å². The van der Waals surface area contributed by atoms with Crippen LogP contribution >= 0.6 is 11.8 Å². The monoisotopic (exact) mass is 489 g/mol. The summed E-state index contributed by atoms with van der Waals surface area (Å²) in [6.45, 7) is 8.32. The molecule has 180 valence electrons. The van der Waals surface area contributed by atoms with Crippen molar-refractivity contribution in [2.75, 3.05) is 37.7 Å². The molecule has 1 aromatic carbocycles. The summed E-state index contributed by atoms with van der Waals surface area (Å²) in [5.74, 6) is -0.940. The normalized spacial score (nSPS) is 18.1. The van der Waals surface area contributed by atoms with Crippen LogP contribution in [0.3, 0.4) is 0 Å². The third-order valence-corrected chi connectivity index (χ3v) is 7.45. The standard InChI is InChI=1S/C23H24FN3O6S/c1-4-31-22(29)19-20(28)14-9-15(24)17(10-16(14)27-13(3)34-21(19)27)26-7-5-25(6-8-26)11-18-12(2)32-23(30)33-18/h9-10,13H,4-8,11H2,1-3H3. The van der Waals surface area contributed by atoms with Crippen molar-refractivity contribution >= 4 is 34.3 Å². The van der Waals surface area contributed by atoms with Crippen LogP contribution in [0.15, 0.2) is 35.6 Å². The minimum absolute atomic E-state index is 0.00860. The van der Waals surface area contributed by atoms with E-state index < -0.39 is 23.0 Å². The predicted octanol–water partition coefficient (Wildman–Crippen LogP) is 3.12. The Kier molecular flexibility index (Phi) is 5.76. The number of carbonyl (C=O) groups is 1. The van der Waals surface area contributed by atoms with Crippen LogP contribution in [0.4, 0.5) is 10.1 Å². The Morgan fingerprint density at radius 3 is 2.56 bits per heavy atom. The third-order valence-electron chi connectivity index (χ3n) is 6.27. The molecular formula is C23H24FN3O6S. The molecule has 34 heavy (non-hydrogen) atoms. The zero-order chi connectivity index (χ0) is 24.1. The van der Waals surface area contributed by atoms with Crippen LogP contribution in [0, 0.1) is 12.7 Å². The number of esters is 1. The molecule has 0 N–H and O–H groups in total. The molecule has 1 atom stereocenters. The van der Waals surface area contributed by atoms with Gasteiger partial charge in [0, 0.05) is 31.6 Å². The summed E-state index contributed by atoms with van der Waals surface area (Å²) < 4.78 is 32.2. The highest BCUT2D eigenvalue weighted by Gasteiger charge is 2.34. The van der Waals surface area contributed by atoms with Gasteiger partial charge in [0.2, 0.25) is 5.43 Å². The lowest BCUT2D eigenvalue weighted by atomic mass is 10.1. The van der Waals surface area contributed by atoms with Crippen LogP contribution in [0.25, 0.3) is 10.9 Å². The Labute approximate surface area is 198 Å². The maximum Gasteiger partial charge on any atom is 0.519 e. The van der Waals surface area contributed by atoms with E-state index in [0.717, 1.165) is 0 Å². The van der Waals surface area contributed by atoms with Crippen molar-refractivity contribution < 1.29 is 22.8 Å². The quantitative estimate of drug-likeness (QED) is 0.501. The minimum atomic E-state index is -0.713. The first-order chi connectivity index (χ1) is 16.3. The van der Waals surface area contributed by atoms with E-state index in [1.807, 2.05) is 16.4 Å². The molecule has 1 unspecified atom stereocenters. The molecule has 0 saturated carbocycles. The Hall–Kier alpha value is -3.05. The van der Waals surface area contributed by atoms with E-state index in [-0.39, 0.29) is 22.9 Å². The second-order valence-electron chi connectivity index (χ2n) is 8.33. The molecule has 11 heteroatoms. The Morgan fingerprint density at radius 1 is 1.21 bits per heavy atom. The number of aromatic nitrogens is 1. The molecular weight excluding hydrogens is 465 g/mol. The lowest BCUT2D eigenvalue weighted by Crippen LogP contribution is -2.46. The molecule has 2 aliphatic heterocycles. The molecule has 0 aliphatic carbocycles. The van der Waals surface area contributed by atoms with Gasteiger partial charge in [-0.05, 0) is 32.9 Å². The first-order valence-electron chi connectivity index (χ1n) is 11.1. The molecule has 1 fully saturated rings. The number of hydrogen-bond acceptors (Lipinski definition) is 9. The van der Waals surface area contributed by atoms with Gasteiger partial charge in [0.05, 0.1) is 34.8 Å². The van der Waals surface area contributed by atoms with Crippen molar-refractivity contribution in [3.05, 3.63) is 55.9 Å². The van der Waals surface area contributed by atoms with Crippen LogP contribution in [0.2, 0.25) is 0 Å². The molecule has 4 heterocycles. The van der Waals surface area contributed by atoms with Crippen molar-refractivity contribution in [3.8, 4) is 0 Å². The fourth-order valence-electron chi connectivity index (χ4n) is 4.53. The van der Waals surface area contributed by atoms with E-state index in [1.54, 1.807) is 19.9 Å². The third kappa shape index (κ3) is 3.72. The average Bonchev–Trinajstić information content (AvgIpc) is 3.10. The molecule has 1 saturated heterocycles. The maximum atomic E-state index is 15.2. The van der Waals surface area contributed by atoms with Gasteiger partial charge in [0.25, 0.3) is 0 Å². The second-order valence-corrected chi connectivity index (χ2v) is 9.64. The molecule has 2 aromatic heterocycles. The predicted molar refractivity (Wildman–Crippen MR) is 124 cm³/mol. The summed E-state index contributed by atoms with van der Waals surface area (Å²) in [7, 11) is 0. The number of hydrogen-bond donors (Lipinski definition) is 0. The van der Waals surface area contributed by atoms with Crippen LogP contribution in [-0.4, -0.2) is 48.2 Å². The van der Waals surface area contributed by atoms with E-state index in [4.69, 9.17) is 13.6 Å². The van der Waals surface area contributed by atoms with E-state index in [9.17, 15) is 14.4 Å². The summed E-state index contributed by atoms with van der Waals surface area (Å²) in [6.07, 6.45) is 0. The molecule has 0 spiro atoms. The largest absolute Gasteiger partial charge is 0.519 e. The SMILES string of the molecule is CCOC(=O)c1c2n(c3cc(N4CCN(Cc5oc(=O)oc5C)CC4)c(F)cc3c1=O)C(C)S2. The van der Waals surface area contributed by atoms with Gasteiger partial charge in [-0.25, -0.2) is 14.0 Å². The van der Waals surface area contributed by atoms with Gasteiger partial charge in [-0.3, -0.25) is 9.69 Å². The summed E-state index contributed by atoms with van der Waals surface area (Å²) in [6, 6.07) is 2.93. The zero-order valence-electron chi connectivity index (χ0n) is 19.1. The van der Waals surface area contributed by atoms with Crippen molar-refractivity contribution in [1.29, 1.82) is 0 Å². The maximum absolute atomic E-state index is 15.2. The van der Waals surface area contributed by atoms with Crippen LogP contribution in [0.1, 0.15) is 41.1 Å². The highest BCUT2D eigenvalue weighted by atomic mass is 32.2. The van der Waals surface area contributed by atoms with Gasteiger partial charge >= 0.3 is 11.8 Å². The molecule has 9 nitrogen and oxygen atoms in total. The highest BCUT2D eigenvalue weighted by Crippen LogP contribution is 2.46. The first-order valence-corrected chi connectivity index (χ1v) is 12.0. The number of pyridine rings is 1.